The van der Waals surface area contributed by atoms with Crippen LogP contribution in [0.15, 0.2) is 34.1 Å². The molecule has 1 N–H and O–H groups in total. The second kappa shape index (κ2) is 6.97. The summed E-state index contributed by atoms with van der Waals surface area (Å²) in [6.45, 7) is 2.88. The van der Waals surface area contributed by atoms with Crippen molar-refractivity contribution in [2.75, 3.05) is 11.9 Å². The molecule has 1 fully saturated rings. The second-order valence-electron chi connectivity index (χ2n) is 5.79. The number of hydrogen-bond donors (Lipinski definition) is 1. The van der Waals surface area contributed by atoms with Gasteiger partial charge >= 0.3 is 0 Å². The van der Waals surface area contributed by atoms with Crippen LogP contribution in [-0.4, -0.2) is 29.3 Å². The smallest absolute Gasteiger partial charge is 0.262 e. The lowest BCUT2D eigenvalue weighted by atomic mass is 10.00. The van der Waals surface area contributed by atoms with Gasteiger partial charge in [0.1, 0.15) is 0 Å². The molecule has 1 atom stereocenters. The van der Waals surface area contributed by atoms with Crippen molar-refractivity contribution in [1.82, 2.24) is 4.90 Å². The number of fused-ring (bicyclic) bond motifs is 1. The first kappa shape index (κ1) is 16.4. The molecule has 0 aliphatic carbocycles. The SMILES string of the molecule is CCC1CCCCN1C(=O)C=C1Sc2ccc(Cl)cc2NC1=O. The number of benzene rings is 1. The van der Waals surface area contributed by atoms with Gasteiger partial charge in [0.15, 0.2) is 0 Å². The number of nitrogens with one attached hydrogen (secondary N) is 1. The molecule has 1 unspecified atom stereocenters. The van der Waals surface area contributed by atoms with E-state index in [-0.39, 0.29) is 17.9 Å². The molecule has 1 aromatic carbocycles. The molecule has 2 aliphatic heterocycles. The number of nitrogens with zero attached hydrogens (tertiary/aromatic N) is 1. The van der Waals surface area contributed by atoms with Crippen LogP contribution in [0, 0.1) is 0 Å². The van der Waals surface area contributed by atoms with Crippen LogP contribution >= 0.6 is 23.4 Å². The highest BCUT2D eigenvalue weighted by molar-refractivity contribution is 8.04. The van der Waals surface area contributed by atoms with Gasteiger partial charge < -0.3 is 10.2 Å². The lowest BCUT2D eigenvalue weighted by Crippen LogP contribution is -2.42. The van der Waals surface area contributed by atoms with Gasteiger partial charge in [-0.3, -0.25) is 9.59 Å². The third kappa shape index (κ3) is 3.56. The predicted octanol–water partition coefficient (Wildman–Crippen LogP) is 4.06. The van der Waals surface area contributed by atoms with Crippen LogP contribution in [0.3, 0.4) is 0 Å². The third-order valence-corrected chi connectivity index (χ3v) is 5.60. The first-order chi connectivity index (χ1) is 11.1. The zero-order valence-electron chi connectivity index (χ0n) is 13.0. The summed E-state index contributed by atoms with van der Waals surface area (Å²) >= 11 is 7.26. The van der Waals surface area contributed by atoms with Crippen LogP contribution in [0.1, 0.15) is 32.6 Å². The van der Waals surface area contributed by atoms with Crippen molar-refractivity contribution in [2.45, 2.75) is 43.5 Å². The maximum absolute atomic E-state index is 12.6. The van der Waals surface area contributed by atoms with Gasteiger partial charge in [-0.15, -0.1) is 0 Å². The highest BCUT2D eigenvalue weighted by Gasteiger charge is 2.27. The number of rotatable bonds is 2. The topological polar surface area (TPSA) is 49.4 Å². The number of hydrogen-bond acceptors (Lipinski definition) is 3. The van der Waals surface area contributed by atoms with Crippen molar-refractivity contribution in [3.63, 3.8) is 0 Å². The first-order valence-corrected chi connectivity index (χ1v) is 9.09. The lowest BCUT2D eigenvalue weighted by Gasteiger charge is -2.34. The Bertz CT molecular complexity index is 675. The summed E-state index contributed by atoms with van der Waals surface area (Å²) in [7, 11) is 0. The van der Waals surface area contributed by atoms with Gasteiger partial charge in [0.2, 0.25) is 5.91 Å². The molecule has 3 rings (SSSR count). The van der Waals surface area contributed by atoms with E-state index in [2.05, 4.69) is 12.2 Å². The summed E-state index contributed by atoms with van der Waals surface area (Å²) in [5.41, 5.74) is 0.696. The van der Waals surface area contributed by atoms with Crippen LogP contribution in [0.4, 0.5) is 5.69 Å². The molecule has 0 radical (unpaired) electrons. The summed E-state index contributed by atoms with van der Waals surface area (Å²) in [6.07, 6.45) is 5.68. The molecule has 23 heavy (non-hydrogen) atoms. The highest BCUT2D eigenvalue weighted by Crippen LogP contribution is 2.39. The van der Waals surface area contributed by atoms with Crippen molar-refractivity contribution in [3.05, 3.63) is 34.2 Å². The zero-order valence-corrected chi connectivity index (χ0v) is 14.5. The van der Waals surface area contributed by atoms with E-state index in [4.69, 9.17) is 11.6 Å². The number of amides is 2. The molecule has 2 aliphatic rings. The number of carbonyl (C=O) groups is 2. The Morgan fingerprint density at radius 1 is 1.48 bits per heavy atom. The Morgan fingerprint density at radius 2 is 2.30 bits per heavy atom. The number of anilines is 1. The molecule has 1 saturated heterocycles. The molecular formula is C17H19ClN2O2S. The van der Waals surface area contributed by atoms with Crippen LogP contribution in [0.5, 0.6) is 0 Å². The quantitative estimate of drug-likeness (QED) is 0.818. The van der Waals surface area contributed by atoms with E-state index < -0.39 is 0 Å². The minimum absolute atomic E-state index is 0.0633. The van der Waals surface area contributed by atoms with E-state index in [0.717, 1.165) is 30.7 Å². The van der Waals surface area contributed by atoms with Gasteiger partial charge in [-0.2, -0.15) is 0 Å². The summed E-state index contributed by atoms with van der Waals surface area (Å²) in [6, 6.07) is 5.64. The standard InChI is InChI=1S/C17H19ClN2O2S/c1-2-12-5-3-4-8-20(12)16(21)10-15-17(22)19-13-9-11(18)6-7-14(13)23-15/h6-7,9-10,12H,2-5,8H2,1H3,(H,19,22). The Hall–Kier alpha value is -1.46. The fourth-order valence-electron chi connectivity index (χ4n) is 3.04. The molecule has 0 spiro atoms. The Kier molecular flexibility index (Phi) is 4.97. The van der Waals surface area contributed by atoms with Gasteiger partial charge in [0.25, 0.3) is 5.91 Å². The number of halogens is 1. The minimum atomic E-state index is -0.247. The van der Waals surface area contributed by atoms with Crippen molar-refractivity contribution in [1.29, 1.82) is 0 Å². The second-order valence-corrected chi connectivity index (χ2v) is 7.31. The van der Waals surface area contributed by atoms with Crippen LogP contribution in [-0.2, 0) is 9.59 Å². The molecule has 0 bridgehead atoms. The van der Waals surface area contributed by atoms with E-state index in [1.807, 2.05) is 11.0 Å². The van der Waals surface area contributed by atoms with Crippen LogP contribution in [0.2, 0.25) is 5.02 Å². The fraction of sp³-hybridized carbons (Fsp3) is 0.412. The van der Waals surface area contributed by atoms with Crippen LogP contribution < -0.4 is 5.32 Å². The molecule has 2 heterocycles. The number of carbonyl (C=O) groups excluding carboxylic acids is 2. The van der Waals surface area contributed by atoms with E-state index in [9.17, 15) is 9.59 Å². The van der Waals surface area contributed by atoms with Gasteiger partial charge in [-0.1, -0.05) is 30.3 Å². The average molecular weight is 351 g/mol. The Morgan fingerprint density at radius 3 is 3.09 bits per heavy atom. The van der Waals surface area contributed by atoms with Crippen molar-refractivity contribution >= 4 is 40.9 Å². The maximum Gasteiger partial charge on any atom is 0.262 e. The molecular weight excluding hydrogens is 332 g/mol. The van der Waals surface area contributed by atoms with E-state index in [1.165, 1.54) is 24.3 Å². The first-order valence-electron chi connectivity index (χ1n) is 7.89. The van der Waals surface area contributed by atoms with Gasteiger partial charge in [0.05, 0.1) is 10.6 Å². The average Bonchev–Trinajstić information content (AvgIpc) is 2.55. The molecule has 122 valence electrons. The molecule has 0 aromatic heterocycles. The largest absolute Gasteiger partial charge is 0.336 e. The Labute approximate surface area is 145 Å². The summed E-state index contributed by atoms with van der Waals surface area (Å²) < 4.78 is 0. The molecule has 2 amide bonds. The third-order valence-electron chi connectivity index (χ3n) is 4.27. The molecule has 1 aromatic rings. The fourth-order valence-corrected chi connectivity index (χ4v) is 4.11. The van der Waals surface area contributed by atoms with Gasteiger partial charge in [-0.05, 0) is 43.9 Å². The Balaban J connectivity index is 1.80. The number of likely N-dealkylation sites (tertiary alicyclic amines) is 1. The summed E-state index contributed by atoms with van der Waals surface area (Å²) in [5, 5.41) is 3.38. The van der Waals surface area contributed by atoms with Crippen LogP contribution in [0.25, 0.3) is 0 Å². The molecule has 0 saturated carbocycles. The molecule has 4 nitrogen and oxygen atoms in total. The lowest BCUT2D eigenvalue weighted by molar-refractivity contribution is -0.129. The van der Waals surface area contributed by atoms with E-state index >= 15 is 0 Å². The normalized spacial score (nSPS) is 22.7. The van der Waals surface area contributed by atoms with Gasteiger partial charge in [-0.25, -0.2) is 0 Å². The monoisotopic (exact) mass is 350 g/mol. The van der Waals surface area contributed by atoms with Crippen molar-refractivity contribution < 1.29 is 9.59 Å². The molecule has 6 heteroatoms. The maximum atomic E-state index is 12.6. The summed E-state index contributed by atoms with van der Waals surface area (Å²) in [4.78, 5) is 28.0. The highest BCUT2D eigenvalue weighted by atomic mass is 35.5. The minimum Gasteiger partial charge on any atom is -0.336 e. The van der Waals surface area contributed by atoms with Crippen molar-refractivity contribution in [2.24, 2.45) is 0 Å². The predicted molar refractivity (Wildman–Crippen MR) is 93.7 cm³/mol. The zero-order chi connectivity index (χ0) is 16.4. The number of piperidine rings is 1. The van der Waals surface area contributed by atoms with Crippen molar-refractivity contribution in [3.8, 4) is 0 Å². The van der Waals surface area contributed by atoms with E-state index in [0.29, 0.717) is 15.6 Å². The van der Waals surface area contributed by atoms with Gasteiger partial charge in [0, 0.05) is 28.6 Å². The summed E-state index contributed by atoms with van der Waals surface area (Å²) in [5.74, 6) is -0.310. The number of thioether (sulfide) groups is 1. The van der Waals surface area contributed by atoms with E-state index in [1.54, 1.807) is 12.1 Å².